The molecule has 1 aliphatic rings. The van der Waals surface area contributed by atoms with Crippen molar-refractivity contribution in [1.82, 2.24) is 5.32 Å². The molecule has 4 rings (SSSR count). The van der Waals surface area contributed by atoms with E-state index in [2.05, 4.69) is 5.32 Å². The van der Waals surface area contributed by atoms with Gasteiger partial charge in [-0.1, -0.05) is 54.1 Å². The van der Waals surface area contributed by atoms with Crippen molar-refractivity contribution < 1.29 is 14.0 Å². The van der Waals surface area contributed by atoms with Crippen LogP contribution in [-0.2, 0) is 16.1 Å². The van der Waals surface area contributed by atoms with Crippen LogP contribution in [0.4, 0.5) is 10.1 Å². The maximum atomic E-state index is 13.8. The van der Waals surface area contributed by atoms with E-state index in [4.69, 9.17) is 11.6 Å². The summed E-state index contributed by atoms with van der Waals surface area (Å²) >= 11 is 6.51. The smallest absolute Gasteiger partial charge is 0.254 e. The van der Waals surface area contributed by atoms with Crippen LogP contribution in [0.5, 0.6) is 0 Å². The van der Waals surface area contributed by atoms with Crippen molar-refractivity contribution in [2.24, 2.45) is 0 Å². The summed E-state index contributed by atoms with van der Waals surface area (Å²) in [6, 6.07) is 19.9. The van der Waals surface area contributed by atoms with E-state index in [0.29, 0.717) is 22.7 Å². The number of rotatable bonds is 5. The van der Waals surface area contributed by atoms with Gasteiger partial charge >= 0.3 is 0 Å². The third kappa shape index (κ3) is 4.16. The normalized spacial score (nSPS) is 14.1. The lowest BCUT2D eigenvalue weighted by molar-refractivity contribution is -0.124. The first kappa shape index (κ1) is 21.8. The predicted molar refractivity (Wildman–Crippen MR) is 125 cm³/mol. The van der Waals surface area contributed by atoms with Gasteiger partial charge in [0, 0.05) is 23.0 Å². The number of carbonyl (C=O) groups is 2. The molecule has 0 spiro atoms. The summed E-state index contributed by atoms with van der Waals surface area (Å²) in [7, 11) is 0. The molecule has 3 aromatic rings. The van der Waals surface area contributed by atoms with Crippen LogP contribution in [0.1, 0.15) is 36.6 Å². The van der Waals surface area contributed by atoms with Gasteiger partial charge in [0.1, 0.15) is 11.9 Å². The molecule has 32 heavy (non-hydrogen) atoms. The highest BCUT2D eigenvalue weighted by atomic mass is 35.5. The van der Waals surface area contributed by atoms with Crippen LogP contribution in [0.3, 0.4) is 0 Å². The van der Waals surface area contributed by atoms with Crippen LogP contribution in [0.15, 0.2) is 78.5 Å². The fourth-order valence-corrected chi connectivity index (χ4v) is 4.28. The Morgan fingerprint density at radius 3 is 2.44 bits per heavy atom. The number of nitrogens with zero attached hydrogens (tertiary/aromatic N) is 1. The summed E-state index contributed by atoms with van der Waals surface area (Å²) in [4.78, 5) is 27.9. The van der Waals surface area contributed by atoms with E-state index in [0.717, 1.165) is 22.5 Å². The van der Waals surface area contributed by atoms with E-state index >= 15 is 0 Å². The van der Waals surface area contributed by atoms with Crippen LogP contribution in [0.25, 0.3) is 5.57 Å². The standard InChI is InChI=1S/C26H22ClFN2O2/c1-16-24(26(32)29-25(17(2)31)18-8-6-9-19(28)14-18)21-12-7-13-23(27)22(21)15-30(16)20-10-4-3-5-11-20/h3-14,25H,15H2,1-2H3,(H,29,32)/t25-/m1/s1. The van der Waals surface area contributed by atoms with Gasteiger partial charge in [0.2, 0.25) is 0 Å². The van der Waals surface area contributed by atoms with Gasteiger partial charge in [0.25, 0.3) is 5.91 Å². The second kappa shape index (κ2) is 8.97. The Hall–Kier alpha value is -3.44. The number of amides is 1. The molecule has 1 amide bonds. The van der Waals surface area contributed by atoms with Gasteiger partial charge in [-0.3, -0.25) is 9.59 Å². The zero-order chi connectivity index (χ0) is 22.8. The van der Waals surface area contributed by atoms with Crippen molar-refractivity contribution in [2.75, 3.05) is 4.90 Å². The summed E-state index contributed by atoms with van der Waals surface area (Å²) in [5.74, 6) is -1.18. The number of anilines is 1. The van der Waals surface area contributed by atoms with Gasteiger partial charge in [-0.2, -0.15) is 0 Å². The molecule has 4 nitrogen and oxygen atoms in total. The number of halogens is 2. The molecule has 0 saturated carbocycles. The van der Waals surface area contributed by atoms with E-state index in [9.17, 15) is 14.0 Å². The van der Waals surface area contributed by atoms with E-state index in [-0.39, 0.29) is 5.78 Å². The molecule has 0 aromatic heterocycles. The number of hydrogen-bond acceptors (Lipinski definition) is 3. The van der Waals surface area contributed by atoms with E-state index in [1.54, 1.807) is 18.2 Å². The molecular formula is C26H22ClFN2O2. The molecule has 0 aliphatic carbocycles. The summed E-state index contributed by atoms with van der Waals surface area (Å²) in [6.07, 6.45) is 0. The molecule has 3 aromatic carbocycles. The molecule has 162 valence electrons. The predicted octanol–water partition coefficient (Wildman–Crippen LogP) is 5.68. The molecule has 1 heterocycles. The first-order valence-corrected chi connectivity index (χ1v) is 10.6. The molecule has 0 bridgehead atoms. The van der Waals surface area contributed by atoms with Crippen LogP contribution >= 0.6 is 11.6 Å². The lowest BCUT2D eigenvalue weighted by atomic mass is 9.92. The van der Waals surface area contributed by atoms with Crippen molar-refractivity contribution in [3.63, 3.8) is 0 Å². The Bertz CT molecular complexity index is 1220. The largest absolute Gasteiger partial charge is 0.340 e. The Morgan fingerprint density at radius 1 is 1.03 bits per heavy atom. The fraction of sp³-hybridized carbons (Fsp3) is 0.154. The van der Waals surface area contributed by atoms with Crippen LogP contribution in [0, 0.1) is 5.82 Å². The van der Waals surface area contributed by atoms with Crippen molar-refractivity contribution in [3.05, 3.63) is 106 Å². The van der Waals surface area contributed by atoms with Gasteiger partial charge in [-0.15, -0.1) is 0 Å². The monoisotopic (exact) mass is 448 g/mol. The number of allylic oxidation sites excluding steroid dienone is 1. The highest BCUT2D eigenvalue weighted by Crippen LogP contribution is 2.38. The lowest BCUT2D eigenvalue weighted by Crippen LogP contribution is -2.37. The Morgan fingerprint density at radius 2 is 1.75 bits per heavy atom. The first-order valence-electron chi connectivity index (χ1n) is 10.2. The summed E-state index contributed by atoms with van der Waals surface area (Å²) in [6.45, 7) is 3.76. The molecule has 1 aliphatic heterocycles. The number of nitrogens with one attached hydrogen (secondary N) is 1. The van der Waals surface area contributed by atoms with Gasteiger partial charge in [0.05, 0.1) is 5.57 Å². The molecule has 0 fully saturated rings. The van der Waals surface area contributed by atoms with Crippen LogP contribution < -0.4 is 10.2 Å². The third-order valence-corrected chi connectivity index (χ3v) is 5.98. The minimum atomic E-state index is -0.965. The molecule has 6 heteroatoms. The zero-order valence-corrected chi connectivity index (χ0v) is 18.5. The lowest BCUT2D eigenvalue weighted by Gasteiger charge is -2.34. The summed E-state index contributed by atoms with van der Waals surface area (Å²) in [5.41, 5.74) is 4.05. The highest BCUT2D eigenvalue weighted by Gasteiger charge is 2.31. The van der Waals surface area contributed by atoms with E-state index < -0.39 is 17.8 Å². The minimum Gasteiger partial charge on any atom is -0.340 e. The Balaban J connectivity index is 1.79. The number of benzene rings is 3. The quantitative estimate of drug-likeness (QED) is 0.546. The van der Waals surface area contributed by atoms with Gasteiger partial charge in [-0.05, 0) is 60.9 Å². The molecular weight excluding hydrogens is 427 g/mol. The number of hydrogen-bond donors (Lipinski definition) is 1. The molecule has 0 radical (unpaired) electrons. The second-order valence-electron chi connectivity index (χ2n) is 7.72. The van der Waals surface area contributed by atoms with Gasteiger partial charge in [0.15, 0.2) is 5.78 Å². The van der Waals surface area contributed by atoms with Crippen LogP contribution in [0.2, 0.25) is 5.02 Å². The van der Waals surface area contributed by atoms with E-state index in [1.807, 2.05) is 48.2 Å². The zero-order valence-electron chi connectivity index (χ0n) is 17.7. The molecule has 1 atom stereocenters. The summed E-state index contributed by atoms with van der Waals surface area (Å²) < 4.78 is 13.8. The van der Waals surface area contributed by atoms with E-state index in [1.165, 1.54) is 25.1 Å². The second-order valence-corrected chi connectivity index (χ2v) is 8.13. The molecule has 0 saturated heterocycles. The maximum absolute atomic E-state index is 13.8. The SMILES string of the molecule is CC(=O)[C@@H](NC(=O)C1=C(C)N(c2ccccc2)Cc2c(Cl)cccc21)c1cccc(F)c1. The fourth-order valence-electron chi connectivity index (χ4n) is 4.05. The van der Waals surface area contributed by atoms with Gasteiger partial charge in [-0.25, -0.2) is 4.39 Å². The average Bonchev–Trinajstić information content (AvgIpc) is 2.77. The number of carbonyl (C=O) groups excluding carboxylic acids is 2. The summed E-state index contributed by atoms with van der Waals surface area (Å²) in [5, 5.41) is 3.37. The number of ketones is 1. The average molecular weight is 449 g/mol. The van der Waals surface area contributed by atoms with Crippen molar-refractivity contribution in [2.45, 2.75) is 26.4 Å². The van der Waals surface area contributed by atoms with Crippen molar-refractivity contribution in [3.8, 4) is 0 Å². The molecule has 1 N–H and O–H groups in total. The maximum Gasteiger partial charge on any atom is 0.254 e. The topological polar surface area (TPSA) is 49.4 Å². The third-order valence-electron chi connectivity index (χ3n) is 5.63. The minimum absolute atomic E-state index is 0.288. The number of Topliss-reactive ketones (excluding diaryl/α,β-unsaturated/α-hetero) is 1. The Labute approximate surface area is 191 Å². The number of fused-ring (bicyclic) bond motifs is 1. The van der Waals surface area contributed by atoms with Crippen molar-refractivity contribution >= 4 is 34.6 Å². The molecule has 0 unspecified atom stereocenters. The van der Waals surface area contributed by atoms with Crippen molar-refractivity contribution in [1.29, 1.82) is 0 Å². The van der Waals surface area contributed by atoms with Crippen LogP contribution in [-0.4, -0.2) is 11.7 Å². The highest BCUT2D eigenvalue weighted by molar-refractivity contribution is 6.32. The first-order chi connectivity index (χ1) is 15.4. The number of para-hydroxylation sites is 1. The Kier molecular flexibility index (Phi) is 6.10. The van der Waals surface area contributed by atoms with Gasteiger partial charge < -0.3 is 10.2 Å².